The van der Waals surface area contributed by atoms with Gasteiger partial charge in [0.25, 0.3) is 5.91 Å². The standard InChI is InChI=1S/C16H17NO3S/c1-9-6-10(2)14(11(3)7-9)15(18)17-8-12-4-5-13(21-12)16(19)20/h4-7H,8H2,1-3H3,(H,17,18)(H,19,20). The molecule has 0 saturated carbocycles. The predicted octanol–water partition coefficient (Wildman–Crippen LogP) is 3.30. The van der Waals surface area contributed by atoms with Gasteiger partial charge in [0.1, 0.15) is 4.88 Å². The van der Waals surface area contributed by atoms with Crippen molar-refractivity contribution in [2.75, 3.05) is 0 Å². The number of nitrogens with one attached hydrogen (secondary N) is 1. The monoisotopic (exact) mass is 303 g/mol. The summed E-state index contributed by atoms with van der Waals surface area (Å²) < 4.78 is 0. The summed E-state index contributed by atoms with van der Waals surface area (Å²) in [7, 11) is 0. The first-order chi connectivity index (χ1) is 9.88. The first kappa shape index (κ1) is 15.3. The van der Waals surface area contributed by atoms with Gasteiger partial charge in [-0.15, -0.1) is 11.3 Å². The number of carbonyl (C=O) groups is 2. The zero-order chi connectivity index (χ0) is 15.6. The molecule has 0 radical (unpaired) electrons. The Labute approximate surface area is 127 Å². The van der Waals surface area contributed by atoms with E-state index < -0.39 is 5.97 Å². The van der Waals surface area contributed by atoms with Crippen LogP contribution in [0.3, 0.4) is 0 Å². The van der Waals surface area contributed by atoms with Gasteiger partial charge < -0.3 is 10.4 Å². The minimum atomic E-state index is -0.942. The molecule has 0 saturated heterocycles. The number of carboxylic acid groups (broad SMARTS) is 1. The van der Waals surface area contributed by atoms with Crippen LogP contribution in [0.2, 0.25) is 0 Å². The van der Waals surface area contributed by atoms with E-state index in [9.17, 15) is 9.59 Å². The van der Waals surface area contributed by atoms with E-state index in [0.29, 0.717) is 12.1 Å². The molecule has 0 atom stereocenters. The van der Waals surface area contributed by atoms with Crippen molar-refractivity contribution in [1.82, 2.24) is 5.32 Å². The molecule has 0 bridgehead atoms. The van der Waals surface area contributed by atoms with Gasteiger partial charge >= 0.3 is 5.97 Å². The first-order valence-corrected chi connectivity index (χ1v) is 7.38. The molecule has 2 aromatic rings. The Hall–Kier alpha value is -2.14. The molecule has 5 heteroatoms. The summed E-state index contributed by atoms with van der Waals surface area (Å²) in [6, 6.07) is 7.24. The molecular formula is C16H17NO3S. The summed E-state index contributed by atoms with van der Waals surface area (Å²) in [5, 5.41) is 11.7. The second-order valence-electron chi connectivity index (χ2n) is 5.03. The van der Waals surface area contributed by atoms with Gasteiger partial charge in [-0.25, -0.2) is 4.79 Å². The highest BCUT2D eigenvalue weighted by Gasteiger charge is 2.13. The summed E-state index contributed by atoms with van der Waals surface area (Å²) in [4.78, 5) is 24.2. The van der Waals surface area contributed by atoms with Crippen molar-refractivity contribution < 1.29 is 14.7 Å². The van der Waals surface area contributed by atoms with Crippen molar-refractivity contribution in [3.05, 3.63) is 56.3 Å². The quantitative estimate of drug-likeness (QED) is 0.910. The van der Waals surface area contributed by atoms with Crippen molar-refractivity contribution in [2.45, 2.75) is 27.3 Å². The maximum absolute atomic E-state index is 12.3. The fourth-order valence-corrected chi connectivity index (χ4v) is 3.17. The van der Waals surface area contributed by atoms with E-state index in [2.05, 4.69) is 5.32 Å². The molecule has 1 aromatic heterocycles. The van der Waals surface area contributed by atoms with E-state index in [4.69, 9.17) is 5.11 Å². The lowest BCUT2D eigenvalue weighted by Gasteiger charge is -2.11. The van der Waals surface area contributed by atoms with Gasteiger partial charge in [-0.1, -0.05) is 17.7 Å². The minimum absolute atomic E-state index is 0.129. The topological polar surface area (TPSA) is 66.4 Å². The number of thiophene rings is 1. The molecule has 110 valence electrons. The van der Waals surface area contributed by atoms with Gasteiger partial charge in [-0.3, -0.25) is 4.79 Å². The van der Waals surface area contributed by atoms with Crippen LogP contribution in [0.1, 0.15) is 41.6 Å². The molecule has 0 aliphatic heterocycles. The number of carboxylic acids is 1. The van der Waals surface area contributed by atoms with Crippen LogP contribution in [0.4, 0.5) is 0 Å². The Morgan fingerprint density at radius 3 is 2.29 bits per heavy atom. The summed E-state index contributed by atoms with van der Waals surface area (Å²) in [5.74, 6) is -1.07. The Kier molecular flexibility index (Phi) is 4.43. The van der Waals surface area contributed by atoms with Crippen LogP contribution in [0, 0.1) is 20.8 Å². The molecule has 0 aliphatic carbocycles. The fourth-order valence-electron chi connectivity index (χ4n) is 2.38. The predicted molar refractivity (Wildman–Crippen MR) is 83.1 cm³/mol. The average molecular weight is 303 g/mol. The molecule has 2 N–H and O–H groups in total. The second kappa shape index (κ2) is 6.10. The second-order valence-corrected chi connectivity index (χ2v) is 6.20. The lowest BCUT2D eigenvalue weighted by molar-refractivity contribution is 0.0702. The lowest BCUT2D eigenvalue weighted by atomic mass is 9.99. The maximum Gasteiger partial charge on any atom is 0.345 e. The van der Waals surface area contributed by atoms with E-state index in [0.717, 1.165) is 21.6 Å². The number of aromatic carboxylic acids is 1. The number of amides is 1. The third-order valence-electron chi connectivity index (χ3n) is 3.20. The molecule has 1 aromatic carbocycles. The lowest BCUT2D eigenvalue weighted by Crippen LogP contribution is -2.24. The molecular weight excluding hydrogens is 286 g/mol. The van der Waals surface area contributed by atoms with Crippen LogP contribution < -0.4 is 5.32 Å². The summed E-state index contributed by atoms with van der Waals surface area (Å²) in [6.07, 6.45) is 0. The summed E-state index contributed by atoms with van der Waals surface area (Å²) >= 11 is 1.17. The van der Waals surface area contributed by atoms with Crippen molar-refractivity contribution in [1.29, 1.82) is 0 Å². The zero-order valence-electron chi connectivity index (χ0n) is 12.2. The molecule has 1 heterocycles. The SMILES string of the molecule is Cc1cc(C)c(C(=O)NCc2ccc(C(=O)O)s2)c(C)c1. The Balaban J connectivity index is 2.10. The van der Waals surface area contributed by atoms with Crippen LogP contribution >= 0.6 is 11.3 Å². The summed E-state index contributed by atoms with van der Waals surface area (Å²) in [6.45, 7) is 6.18. The molecule has 0 fully saturated rings. The van der Waals surface area contributed by atoms with E-state index >= 15 is 0 Å². The number of hydrogen-bond acceptors (Lipinski definition) is 3. The van der Waals surface area contributed by atoms with Crippen LogP contribution in [0.15, 0.2) is 24.3 Å². The maximum atomic E-state index is 12.3. The van der Waals surface area contributed by atoms with Gasteiger partial charge in [0.15, 0.2) is 0 Å². The van der Waals surface area contributed by atoms with E-state index in [1.54, 1.807) is 12.1 Å². The molecule has 0 spiro atoms. The number of aryl methyl sites for hydroxylation is 3. The van der Waals surface area contributed by atoms with Crippen LogP contribution in [-0.2, 0) is 6.54 Å². The van der Waals surface area contributed by atoms with Crippen LogP contribution in [-0.4, -0.2) is 17.0 Å². The van der Waals surface area contributed by atoms with Crippen molar-refractivity contribution >= 4 is 23.2 Å². The van der Waals surface area contributed by atoms with Gasteiger partial charge in [0.05, 0.1) is 6.54 Å². The highest BCUT2D eigenvalue weighted by atomic mass is 32.1. The fraction of sp³-hybridized carbons (Fsp3) is 0.250. The van der Waals surface area contributed by atoms with Crippen LogP contribution in [0.5, 0.6) is 0 Å². The highest BCUT2D eigenvalue weighted by Crippen LogP contribution is 2.18. The molecule has 0 unspecified atom stereocenters. The Morgan fingerprint density at radius 2 is 1.76 bits per heavy atom. The number of benzene rings is 1. The average Bonchev–Trinajstić information content (AvgIpc) is 2.84. The zero-order valence-corrected chi connectivity index (χ0v) is 13.0. The van der Waals surface area contributed by atoms with Gasteiger partial charge in [0, 0.05) is 10.4 Å². The van der Waals surface area contributed by atoms with Crippen molar-refractivity contribution in [3.8, 4) is 0 Å². The van der Waals surface area contributed by atoms with E-state index in [-0.39, 0.29) is 10.8 Å². The highest BCUT2D eigenvalue weighted by molar-refractivity contribution is 7.13. The van der Waals surface area contributed by atoms with Crippen LogP contribution in [0.25, 0.3) is 0 Å². The molecule has 2 rings (SSSR count). The molecule has 0 aliphatic rings. The number of rotatable bonds is 4. The first-order valence-electron chi connectivity index (χ1n) is 6.56. The molecule has 1 amide bonds. The van der Waals surface area contributed by atoms with E-state index in [1.807, 2.05) is 32.9 Å². The Morgan fingerprint density at radius 1 is 1.14 bits per heavy atom. The Bertz CT molecular complexity index is 680. The van der Waals surface area contributed by atoms with Gasteiger partial charge in [0.2, 0.25) is 0 Å². The van der Waals surface area contributed by atoms with Gasteiger partial charge in [-0.05, 0) is 44.0 Å². The van der Waals surface area contributed by atoms with Crippen molar-refractivity contribution in [3.63, 3.8) is 0 Å². The van der Waals surface area contributed by atoms with Crippen molar-refractivity contribution in [2.24, 2.45) is 0 Å². The number of hydrogen-bond donors (Lipinski definition) is 2. The summed E-state index contributed by atoms with van der Waals surface area (Å²) in [5.41, 5.74) is 3.71. The third-order valence-corrected chi connectivity index (χ3v) is 4.27. The molecule has 4 nitrogen and oxygen atoms in total. The van der Waals surface area contributed by atoms with E-state index in [1.165, 1.54) is 11.3 Å². The molecule has 21 heavy (non-hydrogen) atoms. The van der Waals surface area contributed by atoms with Gasteiger partial charge in [-0.2, -0.15) is 0 Å². The third kappa shape index (κ3) is 3.49. The number of carbonyl (C=O) groups excluding carboxylic acids is 1. The largest absolute Gasteiger partial charge is 0.477 e. The minimum Gasteiger partial charge on any atom is -0.477 e. The smallest absolute Gasteiger partial charge is 0.345 e. The normalized spacial score (nSPS) is 10.4.